The van der Waals surface area contributed by atoms with Crippen LogP contribution in [0.1, 0.15) is 42.4 Å². The molecule has 0 radical (unpaired) electrons. The second-order valence-corrected chi connectivity index (χ2v) is 9.22. The summed E-state index contributed by atoms with van der Waals surface area (Å²) in [7, 11) is 0. The maximum Gasteiger partial charge on any atom is 0.227 e. The minimum atomic E-state index is -0.481. The molecule has 1 amide bonds. The standard InChI is InChI=1S/C23H27N3O2S.C4H5F.CH2O/c1-16-6-3-9-21(17(16)2)28-12-5-10-22(27)26-11-13-29-23-19(7-4-8-20(23)26)18-14-24-25-15-18;1-3-4(2)5;1-2/h3,6,8-9,14-15H,4-5,7,10-13H2,1-2H3,(H,24,25);3H,1-2H2;1H2. The van der Waals surface area contributed by atoms with Crippen molar-refractivity contribution in [2.75, 3.05) is 18.9 Å². The summed E-state index contributed by atoms with van der Waals surface area (Å²) in [5.74, 6) is 1.55. The molecule has 1 aromatic heterocycles. The van der Waals surface area contributed by atoms with Crippen molar-refractivity contribution >= 4 is 30.0 Å². The number of hydrogen-bond donors (Lipinski definition) is 1. The Kier molecular flexibility index (Phi) is 11.9. The third-order valence-electron chi connectivity index (χ3n) is 5.81. The molecule has 2 aliphatic rings. The average molecular weight is 512 g/mol. The van der Waals surface area contributed by atoms with Gasteiger partial charge in [-0.3, -0.25) is 9.89 Å². The molecular weight excluding hydrogens is 477 g/mol. The summed E-state index contributed by atoms with van der Waals surface area (Å²) in [5, 5.41) is 7.00. The molecule has 1 fully saturated rings. The number of benzene rings is 1. The van der Waals surface area contributed by atoms with Gasteiger partial charge in [-0.25, -0.2) is 4.39 Å². The van der Waals surface area contributed by atoms with E-state index in [9.17, 15) is 9.18 Å². The molecule has 4 rings (SSSR count). The molecule has 0 spiro atoms. The Labute approximate surface area is 217 Å². The fraction of sp³-hybridized carbons (Fsp3) is 0.321. The van der Waals surface area contributed by atoms with Gasteiger partial charge in [0.25, 0.3) is 0 Å². The highest BCUT2D eigenvalue weighted by Gasteiger charge is 2.29. The highest BCUT2D eigenvalue weighted by atomic mass is 32.2. The van der Waals surface area contributed by atoms with Gasteiger partial charge in [0.15, 0.2) is 0 Å². The number of H-pyrrole nitrogens is 1. The van der Waals surface area contributed by atoms with E-state index < -0.39 is 5.83 Å². The zero-order valence-electron chi connectivity index (χ0n) is 21.0. The van der Waals surface area contributed by atoms with Crippen LogP contribution >= 0.6 is 11.8 Å². The van der Waals surface area contributed by atoms with Gasteiger partial charge in [-0.05, 0) is 62.0 Å². The normalized spacial score (nSPS) is 14.3. The molecule has 1 aliphatic heterocycles. The number of nitrogens with one attached hydrogen (secondary N) is 1. The van der Waals surface area contributed by atoms with Crippen molar-refractivity contribution in [2.45, 2.75) is 39.5 Å². The molecule has 8 heteroatoms. The second kappa shape index (κ2) is 14.9. The average Bonchev–Trinajstić information content (AvgIpc) is 3.44. The number of aromatic nitrogens is 2. The van der Waals surface area contributed by atoms with Gasteiger partial charge >= 0.3 is 0 Å². The number of rotatable bonds is 7. The largest absolute Gasteiger partial charge is 0.493 e. The predicted molar refractivity (Wildman–Crippen MR) is 145 cm³/mol. The van der Waals surface area contributed by atoms with Gasteiger partial charge < -0.3 is 14.4 Å². The number of thioether (sulfide) groups is 1. The number of aryl methyl sites for hydroxylation is 1. The Morgan fingerprint density at radius 1 is 1.33 bits per heavy atom. The fourth-order valence-electron chi connectivity index (χ4n) is 3.84. The van der Waals surface area contributed by atoms with E-state index in [-0.39, 0.29) is 5.91 Å². The first-order chi connectivity index (χ1) is 17.4. The summed E-state index contributed by atoms with van der Waals surface area (Å²) in [4.78, 5) is 24.2. The third-order valence-corrected chi connectivity index (χ3v) is 6.94. The molecule has 0 saturated carbocycles. The first kappa shape index (κ1) is 28.8. The summed E-state index contributed by atoms with van der Waals surface area (Å²) in [6, 6.07) is 6.09. The number of carbonyl (C=O) groups is 2. The van der Waals surface area contributed by atoms with Crippen LogP contribution in [0.3, 0.4) is 0 Å². The summed E-state index contributed by atoms with van der Waals surface area (Å²) in [6.07, 6.45) is 10.3. The number of aromatic amines is 1. The number of carbonyl (C=O) groups excluding carboxylic acids is 2. The van der Waals surface area contributed by atoms with Gasteiger partial charge in [0.1, 0.15) is 18.4 Å². The molecule has 0 unspecified atom stereocenters. The van der Waals surface area contributed by atoms with Gasteiger partial charge in [-0.1, -0.05) is 31.4 Å². The van der Waals surface area contributed by atoms with Crippen molar-refractivity contribution in [1.29, 1.82) is 0 Å². The molecule has 36 heavy (non-hydrogen) atoms. The van der Waals surface area contributed by atoms with E-state index in [1.165, 1.54) is 21.6 Å². The van der Waals surface area contributed by atoms with Gasteiger partial charge in [-0.2, -0.15) is 5.10 Å². The van der Waals surface area contributed by atoms with Crippen molar-refractivity contribution < 1.29 is 18.7 Å². The molecule has 2 heterocycles. The lowest BCUT2D eigenvalue weighted by Gasteiger charge is -2.35. The van der Waals surface area contributed by atoms with Crippen molar-refractivity contribution in [3.8, 4) is 5.75 Å². The Balaban J connectivity index is 0.000000583. The molecule has 1 saturated heterocycles. The van der Waals surface area contributed by atoms with Crippen molar-refractivity contribution in [1.82, 2.24) is 15.1 Å². The highest BCUT2D eigenvalue weighted by molar-refractivity contribution is 8.03. The molecule has 1 aromatic carbocycles. The van der Waals surface area contributed by atoms with Gasteiger partial charge in [0.2, 0.25) is 5.91 Å². The first-order valence-electron chi connectivity index (χ1n) is 11.7. The number of halogens is 1. The lowest BCUT2D eigenvalue weighted by atomic mass is 9.97. The quantitative estimate of drug-likeness (QED) is 0.348. The van der Waals surface area contributed by atoms with Crippen molar-refractivity contribution in [2.24, 2.45) is 0 Å². The molecule has 1 N–H and O–H groups in total. The Morgan fingerprint density at radius 2 is 2.08 bits per heavy atom. The summed E-state index contributed by atoms with van der Waals surface area (Å²) in [5.41, 5.74) is 5.91. The summed E-state index contributed by atoms with van der Waals surface area (Å²) >= 11 is 1.85. The number of hydrogen-bond acceptors (Lipinski definition) is 5. The van der Waals surface area contributed by atoms with Gasteiger partial charge in [0.05, 0.1) is 18.5 Å². The first-order valence-corrected chi connectivity index (χ1v) is 12.7. The number of allylic oxidation sites excluding steroid dienone is 4. The maximum absolute atomic E-state index is 13.0. The van der Waals surface area contributed by atoms with Crippen LogP contribution < -0.4 is 4.74 Å². The van der Waals surface area contributed by atoms with E-state index in [2.05, 4.69) is 49.3 Å². The Morgan fingerprint density at radius 3 is 2.75 bits per heavy atom. The van der Waals surface area contributed by atoms with Crippen LogP contribution in [-0.4, -0.2) is 46.7 Å². The van der Waals surface area contributed by atoms with Crippen LogP contribution in [0.2, 0.25) is 0 Å². The van der Waals surface area contributed by atoms with Crippen LogP contribution in [0.25, 0.3) is 5.57 Å². The smallest absolute Gasteiger partial charge is 0.227 e. The second-order valence-electron chi connectivity index (χ2n) is 8.12. The lowest BCUT2D eigenvalue weighted by molar-refractivity contribution is -0.129. The van der Waals surface area contributed by atoms with Crippen LogP contribution in [0.4, 0.5) is 4.39 Å². The topological polar surface area (TPSA) is 75.3 Å². The van der Waals surface area contributed by atoms with Crippen molar-refractivity contribution in [3.63, 3.8) is 0 Å². The van der Waals surface area contributed by atoms with E-state index >= 15 is 0 Å². The number of amides is 1. The molecule has 0 bridgehead atoms. The maximum atomic E-state index is 13.0. The zero-order chi connectivity index (χ0) is 26.5. The van der Waals surface area contributed by atoms with Crippen LogP contribution in [0.5, 0.6) is 5.75 Å². The van der Waals surface area contributed by atoms with E-state index in [0.717, 1.165) is 54.6 Å². The third kappa shape index (κ3) is 7.81. The number of fused-ring (bicyclic) bond motifs is 1. The molecule has 6 nitrogen and oxygen atoms in total. The molecule has 1 aliphatic carbocycles. The number of ether oxygens (including phenoxy) is 1. The minimum Gasteiger partial charge on any atom is -0.493 e. The van der Waals surface area contributed by atoms with Crippen LogP contribution in [0.15, 0.2) is 72.3 Å². The molecule has 0 atom stereocenters. The van der Waals surface area contributed by atoms with Crippen LogP contribution in [0, 0.1) is 13.8 Å². The molecule has 2 aromatic rings. The van der Waals surface area contributed by atoms with E-state index in [4.69, 9.17) is 9.53 Å². The minimum absolute atomic E-state index is 0.187. The van der Waals surface area contributed by atoms with E-state index in [1.54, 1.807) is 0 Å². The van der Waals surface area contributed by atoms with Crippen molar-refractivity contribution in [3.05, 3.63) is 89.0 Å². The monoisotopic (exact) mass is 511 g/mol. The predicted octanol–water partition coefficient (Wildman–Crippen LogP) is 6.32. The molecule has 192 valence electrons. The molecular formula is C28H34FN3O3S. The summed E-state index contributed by atoms with van der Waals surface area (Å²) in [6.45, 7) is 13.5. The highest BCUT2D eigenvalue weighted by Crippen LogP contribution is 2.43. The van der Waals surface area contributed by atoms with Gasteiger partial charge in [0, 0.05) is 35.4 Å². The zero-order valence-corrected chi connectivity index (χ0v) is 21.8. The summed E-state index contributed by atoms with van der Waals surface area (Å²) < 4.78 is 17.0. The van der Waals surface area contributed by atoms with E-state index in [1.807, 2.05) is 48.0 Å². The lowest BCUT2D eigenvalue weighted by Crippen LogP contribution is -2.36. The Bertz CT molecular complexity index is 1110. The van der Waals surface area contributed by atoms with Gasteiger partial charge in [-0.15, -0.1) is 11.8 Å². The fourth-order valence-corrected chi connectivity index (χ4v) is 5.05. The number of nitrogens with zero attached hydrogens (tertiary/aromatic N) is 2. The Hall–Kier alpha value is -3.39. The van der Waals surface area contributed by atoms with Crippen LogP contribution in [-0.2, 0) is 9.59 Å². The SMILES string of the molecule is C=CC(=C)F.C=O.Cc1cccc(OCCCC(=O)N2CCSC3=C(c4cn[nH]c4)CCC=C32)c1C. The van der Waals surface area contributed by atoms with E-state index in [0.29, 0.717) is 13.0 Å².